The van der Waals surface area contributed by atoms with Crippen molar-refractivity contribution in [3.8, 4) is 0 Å². The van der Waals surface area contributed by atoms with Crippen LogP contribution in [-0.4, -0.2) is 0 Å². The quantitative estimate of drug-likeness (QED) is 0.467. The molecule has 0 unspecified atom stereocenters. The maximum atomic E-state index is 3.77. The molecule has 1 aliphatic carbocycles. The van der Waals surface area contributed by atoms with Gasteiger partial charge in [-0.3, -0.25) is 0 Å². The third kappa shape index (κ3) is 1.32. The number of rotatable bonds is 1. The normalized spacial score (nSPS) is 32.6. The molecule has 0 fully saturated rings. The Morgan fingerprint density at radius 1 is 1.56 bits per heavy atom. The first-order chi connectivity index (χ1) is 4.27. The maximum absolute atomic E-state index is 3.77. The first kappa shape index (κ1) is 6.34. The van der Waals surface area contributed by atoms with Gasteiger partial charge >= 0.3 is 0 Å². The summed E-state index contributed by atoms with van der Waals surface area (Å²) >= 11 is 0. The van der Waals surface area contributed by atoms with Crippen LogP contribution in [-0.2, 0) is 0 Å². The molecule has 0 aromatic carbocycles. The zero-order chi connectivity index (χ0) is 6.74. The molecule has 0 N–H and O–H groups in total. The molecule has 0 saturated heterocycles. The van der Waals surface area contributed by atoms with Gasteiger partial charge in [0.1, 0.15) is 0 Å². The predicted octanol–water partition coefficient (Wildman–Crippen LogP) is 2.69. The van der Waals surface area contributed by atoms with E-state index in [0.29, 0.717) is 0 Å². The molecule has 0 aromatic heterocycles. The van der Waals surface area contributed by atoms with Crippen molar-refractivity contribution in [2.24, 2.45) is 5.41 Å². The second kappa shape index (κ2) is 2.22. The molecule has 1 aliphatic rings. The molecule has 0 heteroatoms. The molecule has 0 aromatic rings. The van der Waals surface area contributed by atoms with Crippen LogP contribution in [0.4, 0.5) is 0 Å². The van der Waals surface area contributed by atoms with Gasteiger partial charge in [0.2, 0.25) is 0 Å². The summed E-state index contributed by atoms with van der Waals surface area (Å²) in [4.78, 5) is 0. The highest BCUT2D eigenvalue weighted by atomic mass is 14.2. The fourth-order valence-electron chi connectivity index (χ4n) is 0.895. The highest BCUT2D eigenvalue weighted by Crippen LogP contribution is 2.27. The van der Waals surface area contributed by atoms with Crippen LogP contribution in [0.2, 0.25) is 0 Å². The lowest BCUT2D eigenvalue weighted by Crippen LogP contribution is -2.08. The van der Waals surface area contributed by atoms with Crippen LogP contribution in [0.1, 0.15) is 13.3 Å². The van der Waals surface area contributed by atoms with E-state index in [9.17, 15) is 0 Å². The van der Waals surface area contributed by atoms with Crippen molar-refractivity contribution in [3.05, 3.63) is 37.0 Å². The Morgan fingerprint density at radius 2 is 2.33 bits per heavy atom. The van der Waals surface area contributed by atoms with Crippen LogP contribution in [0, 0.1) is 5.41 Å². The van der Waals surface area contributed by atoms with Crippen LogP contribution in [0.15, 0.2) is 37.0 Å². The molecular weight excluding hydrogens is 108 g/mol. The van der Waals surface area contributed by atoms with Crippen LogP contribution < -0.4 is 0 Å². The molecule has 48 valence electrons. The van der Waals surface area contributed by atoms with E-state index in [4.69, 9.17) is 0 Å². The summed E-state index contributed by atoms with van der Waals surface area (Å²) < 4.78 is 0. The van der Waals surface area contributed by atoms with Gasteiger partial charge in [-0.25, -0.2) is 0 Å². The summed E-state index contributed by atoms with van der Waals surface area (Å²) in [5.41, 5.74) is 0.217. The largest absolute Gasteiger partial charge is 0.102 e. The van der Waals surface area contributed by atoms with Crippen molar-refractivity contribution in [1.82, 2.24) is 0 Å². The van der Waals surface area contributed by atoms with Gasteiger partial charge < -0.3 is 0 Å². The van der Waals surface area contributed by atoms with Crippen LogP contribution in [0.3, 0.4) is 0 Å². The van der Waals surface area contributed by atoms with Crippen molar-refractivity contribution in [2.75, 3.05) is 0 Å². The van der Waals surface area contributed by atoms with Gasteiger partial charge in [-0.15, -0.1) is 6.58 Å². The molecule has 0 aliphatic heterocycles. The zero-order valence-corrected chi connectivity index (χ0v) is 5.80. The highest BCUT2D eigenvalue weighted by Gasteiger charge is 2.14. The van der Waals surface area contributed by atoms with E-state index in [0.717, 1.165) is 6.42 Å². The summed E-state index contributed by atoms with van der Waals surface area (Å²) in [6.07, 6.45) is 11.6. The summed E-state index contributed by atoms with van der Waals surface area (Å²) in [6.45, 7) is 5.95. The van der Waals surface area contributed by atoms with Gasteiger partial charge in [-0.05, 0) is 6.42 Å². The van der Waals surface area contributed by atoms with Gasteiger partial charge in [-0.2, -0.15) is 0 Å². The SMILES string of the molecule is C=C[C@]1(C)C=CC=CC1. The summed E-state index contributed by atoms with van der Waals surface area (Å²) in [5, 5.41) is 0. The van der Waals surface area contributed by atoms with Crippen LogP contribution >= 0.6 is 0 Å². The third-order valence-corrected chi connectivity index (χ3v) is 1.75. The Labute approximate surface area is 56.6 Å². The van der Waals surface area contributed by atoms with Crippen LogP contribution in [0.5, 0.6) is 0 Å². The van der Waals surface area contributed by atoms with Gasteiger partial charge in [0.25, 0.3) is 0 Å². The standard InChI is InChI=1S/C9H12/c1-3-9(2)7-5-4-6-8-9/h3-7H,1,8H2,2H3/t9-/m1/s1. The topological polar surface area (TPSA) is 0 Å². The minimum Gasteiger partial charge on any atom is -0.102 e. The summed E-state index contributed by atoms with van der Waals surface area (Å²) in [5.74, 6) is 0. The summed E-state index contributed by atoms with van der Waals surface area (Å²) in [6, 6.07) is 0. The smallest absolute Gasteiger partial charge is 0.00677 e. The van der Waals surface area contributed by atoms with E-state index >= 15 is 0 Å². The average molecular weight is 120 g/mol. The van der Waals surface area contributed by atoms with Crippen molar-refractivity contribution >= 4 is 0 Å². The van der Waals surface area contributed by atoms with Gasteiger partial charge in [0, 0.05) is 5.41 Å². The van der Waals surface area contributed by atoms with Crippen molar-refractivity contribution in [3.63, 3.8) is 0 Å². The van der Waals surface area contributed by atoms with Gasteiger partial charge in [-0.1, -0.05) is 37.3 Å². The first-order valence-electron chi connectivity index (χ1n) is 3.25. The van der Waals surface area contributed by atoms with E-state index in [1.807, 2.05) is 6.08 Å². The Hall–Kier alpha value is -0.780. The monoisotopic (exact) mass is 120 g/mol. The fourth-order valence-corrected chi connectivity index (χ4v) is 0.895. The van der Waals surface area contributed by atoms with E-state index in [2.05, 4.69) is 37.8 Å². The van der Waals surface area contributed by atoms with E-state index in [1.165, 1.54) is 0 Å². The number of hydrogen-bond donors (Lipinski definition) is 0. The molecule has 0 amide bonds. The van der Waals surface area contributed by atoms with Gasteiger partial charge in [0.05, 0.1) is 0 Å². The molecule has 0 spiro atoms. The second-order valence-corrected chi connectivity index (χ2v) is 2.70. The third-order valence-electron chi connectivity index (χ3n) is 1.75. The Morgan fingerprint density at radius 3 is 2.67 bits per heavy atom. The minimum absolute atomic E-state index is 0.217. The molecule has 9 heavy (non-hydrogen) atoms. The molecular formula is C9H12. The zero-order valence-electron chi connectivity index (χ0n) is 5.80. The lowest BCUT2D eigenvalue weighted by Gasteiger charge is -2.20. The Bertz CT molecular complexity index is 163. The molecule has 0 radical (unpaired) electrons. The summed E-state index contributed by atoms with van der Waals surface area (Å²) in [7, 11) is 0. The predicted molar refractivity (Wildman–Crippen MR) is 41.2 cm³/mol. The molecule has 0 bridgehead atoms. The Kier molecular flexibility index (Phi) is 1.56. The molecule has 1 rings (SSSR count). The minimum atomic E-state index is 0.217. The van der Waals surface area contributed by atoms with E-state index in [-0.39, 0.29) is 5.41 Å². The highest BCUT2D eigenvalue weighted by molar-refractivity contribution is 5.19. The van der Waals surface area contributed by atoms with E-state index < -0.39 is 0 Å². The molecule has 0 heterocycles. The lowest BCUT2D eigenvalue weighted by molar-refractivity contribution is 0.558. The average Bonchev–Trinajstić information content (AvgIpc) is 1.90. The van der Waals surface area contributed by atoms with Crippen molar-refractivity contribution < 1.29 is 0 Å². The van der Waals surface area contributed by atoms with E-state index in [1.54, 1.807) is 0 Å². The lowest BCUT2D eigenvalue weighted by atomic mass is 9.84. The first-order valence-corrected chi connectivity index (χ1v) is 3.25. The van der Waals surface area contributed by atoms with Gasteiger partial charge in [0.15, 0.2) is 0 Å². The van der Waals surface area contributed by atoms with Crippen LogP contribution in [0.25, 0.3) is 0 Å². The number of hydrogen-bond acceptors (Lipinski definition) is 0. The molecule has 1 atom stereocenters. The molecule has 0 nitrogen and oxygen atoms in total. The maximum Gasteiger partial charge on any atom is 0.00677 e. The fraction of sp³-hybridized carbons (Fsp3) is 0.333. The number of allylic oxidation sites excluding steroid dienone is 5. The van der Waals surface area contributed by atoms with Crippen molar-refractivity contribution in [2.45, 2.75) is 13.3 Å². The second-order valence-electron chi connectivity index (χ2n) is 2.70. The van der Waals surface area contributed by atoms with Crippen molar-refractivity contribution in [1.29, 1.82) is 0 Å². The molecule has 0 saturated carbocycles. The Balaban J connectivity index is 2.73.